The van der Waals surface area contributed by atoms with Crippen LogP contribution in [0.3, 0.4) is 0 Å². The molecule has 1 aliphatic rings. The number of rotatable bonds is 5. The Bertz CT molecular complexity index is 409. The Balaban J connectivity index is 2.43. The zero-order valence-corrected chi connectivity index (χ0v) is 11.5. The van der Waals surface area contributed by atoms with E-state index in [1.807, 2.05) is 30.3 Å². The van der Waals surface area contributed by atoms with Crippen LogP contribution in [-0.4, -0.2) is 24.8 Å². The van der Waals surface area contributed by atoms with E-state index >= 15 is 0 Å². The molecule has 0 amide bonds. The number of methoxy groups -OCH3 is 1. The second kappa shape index (κ2) is 6.20. The third kappa shape index (κ3) is 2.66. The predicted octanol–water partition coefficient (Wildman–Crippen LogP) is 3.24. The highest BCUT2D eigenvalue weighted by Gasteiger charge is 2.47. The summed E-state index contributed by atoms with van der Waals surface area (Å²) < 4.78 is 5.30. The molecule has 1 saturated carbocycles. The molecule has 0 spiro atoms. The van der Waals surface area contributed by atoms with Gasteiger partial charge in [-0.05, 0) is 24.3 Å². The van der Waals surface area contributed by atoms with Gasteiger partial charge in [0.15, 0.2) is 0 Å². The van der Waals surface area contributed by atoms with Crippen molar-refractivity contribution in [2.45, 2.75) is 37.5 Å². The molecule has 0 bridgehead atoms. The summed E-state index contributed by atoms with van der Waals surface area (Å²) >= 11 is 0. The van der Waals surface area contributed by atoms with Gasteiger partial charge < -0.3 is 9.84 Å². The average Bonchev–Trinajstić information content (AvgIpc) is 2.46. The molecule has 0 aromatic heterocycles. The van der Waals surface area contributed by atoms with E-state index in [1.54, 1.807) is 7.11 Å². The fourth-order valence-electron chi connectivity index (χ4n) is 3.36. The van der Waals surface area contributed by atoms with Crippen molar-refractivity contribution in [2.24, 2.45) is 5.92 Å². The van der Waals surface area contributed by atoms with Gasteiger partial charge in [-0.15, -0.1) is 0 Å². The SMILES string of the molecule is COCC(C(=O)O)(c1ccccc1)C1CCCCC1. The summed E-state index contributed by atoms with van der Waals surface area (Å²) in [6.45, 7) is 0.247. The molecule has 1 aromatic carbocycles. The zero-order valence-electron chi connectivity index (χ0n) is 11.5. The lowest BCUT2D eigenvalue weighted by molar-refractivity contribution is -0.150. The number of carbonyl (C=O) groups is 1. The first kappa shape index (κ1) is 14.1. The third-order valence-corrected chi connectivity index (χ3v) is 4.34. The molecule has 1 fully saturated rings. The summed E-state index contributed by atoms with van der Waals surface area (Å²) in [6.07, 6.45) is 5.41. The second-order valence-electron chi connectivity index (χ2n) is 5.41. The summed E-state index contributed by atoms with van der Waals surface area (Å²) in [7, 11) is 1.59. The normalized spacial score (nSPS) is 19.8. The van der Waals surface area contributed by atoms with Crippen LogP contribution >= 0.6 is 0 Å². The minimum Gasteiger partial charge on any atom is -0.481 e. The maximum absolute atomic E-state index is 12.0. The largest absolute Gasteiger partial charge is 0.481 e. The van der Waals surface area contributed by atoms with Crippen molar-refractivity contribution in [3.63, 3.8) is 0 Å². The van der Waals surface area contributed by atoms with Gasteiger partial charge in [0.1, 0.15) is 5.41 Å². The number of aliphatic carboxylic acids is 1. The van der Waals surface area contributed by atoms with Crippen LogP contribution in [0.25, 0.3) is 0 Å². The zero-order chi connectivity index (χ0) is 13.7. The van der Waals surface area contributed by atoms with Crippen LogP contribution in [-0.2, 0) is 14.9 Å². The smallest absolute Gasteiger partial charge is 0.316 e. The topological polar surface area (TPSA) is 46.5 Å². The molecule has 1 atom stereocenters. The quantitative estimate of drug-likeness (QED) is 0.886. The first-order chi connectivity index (χ1) is 9.21. The van der Waals surface area contributed by atoms with Crippen molar-refractivity contribution in [3.8, 4) is 0 Å². The van der Waals surface area contributed by atoms with E-state index < -0.39 is 11.4 Å². The minimum atomic E-state index is -0.892. The van der Waals surface area contributed by atoms with Crippen molar-refractivity contribution >= 4 is 5.97 Å². The van der Waals surface area contributed by atoms with Crippen molar-refractivity contribution in [1.82, 2.24) is 0 Å². The van der Waals surface area contributed by atoms with Crippen LogP contribution in [0.5, 0.6) is 0 Å². The standard InChI is InChI=1S/C16H22O3/c1-19-12-16(15(17)18,13-8-4-2-5-9-13)14-10-6-3-7-11-14/h2,4-5,8-9,14H,3,6-7,10-12H2,1H3,(H,17,18). The van der Waals surface area contributed by atoms with Crippen molar-refractivity contribution in [3.05, 3.63) is 35.9 Å². The third-order valence-electron chi connectivity index (χ3n) is 4.34. The maximum Gasteiger partial charge on any atom is 0.316 e. The van der Waals surface area contributed by atoms with Crippen LogP contribution in [0.2, 0.25) is 0 Å². The van der Waals surface area contributed by atoms with Gasteiger partial charge >= 0.3 is 5.97 Å². The monoisotopic (exact) mass is 262 g/mol. The van der Waals surface area contributed by atoms with Gasteiger partial charge in [0.25, 0.3) is 0 Å². The van der Waals surface area contributed by atoms with E-state index in [0.29, 0.717) is 0 Å². The van der Waals surface area contributed by atoms with Crippen LogP contribution < -0.4 is 0 Å². The Morgan fingerprint density at radius 1 is 1.26 bits per heavy atom. The van der Waals surface area contributed by atoms with E-state index in [2.05, 4.69) is 0 Å². The van der Waals surface area contributed by atoms with E-state index in [4.69, 9.17) is 4.74 Å². The van der Waals surface area contributed by atoms with Gasteiger partial charge in [-0.3, -0.25) is 4.79 Å². The number of hydrogen-bond acceptors (Lipinski definition) is 2. The molecule has 0 saturated heterocycles. The Hall–Kier alpha value is -1.35. The van der Waals surface area contributed by atoms with Crippen molar-refractivity contribution in [2.75, 3.05) is 13.7 Å². The number of carboxylic acids is 1. The summed E-state index contributed by atoms with van der Waals surface area (Å²) in [5, 5.41) is 9.88. The van der Waals surface area contributed by atoms with Crippen molar-refractivity contribution in [1.29, 1.82) is 0 Å². The lowest BCUT2D eigenvalue weighted by Crippen LogP contribution is -2.47. The Labute approximate surface area is 114 Å². The molecule has 1 aliphatic carbocycles. The molecule has 3 heteroatoms. The van der Waals surface area contributed by atoms with Crippen LogP contribution in [0.4, 0.5) is 0 Å². The molecular formula is C16H22O3. The first-order valence-corrected chi connectivity index (χ1v) is 6.99. The van der Waals surface area contributed by atoms with Gasteiger partial charge in [-0.25, -0.2) is 0 Å². The number of benzene rings is 1. The molecule has 1 aromatic rings. The highest BCUT2D eigenvalue weighted by Crippen LogP contribution is 2.41. The fraction of sp³-hybridized carbons (Fsp3) is 0.562. The summed E-state index contributed by atoms with van der Waals surface area (Å²) in [5.41, 5.74) is -0.0209. The van der Waals surface area contributed by atoms with E-state index in [-0.39, 0.29) is 12.5 Å². The summed E-state index contributed by atoms with van der Waals surface area (Å²) in [6, 6.07) is 9.57. The molecule has 0 heterocycles. The van der Waals surface area contributed by atoms with Crippen LogP contribution in [0.1, 0.15) is 37.7 Å². The first-order valence-electron chi connectivity index (χ1n) is 6.99. The second-order valence-corrected chi connectivity index (χ2v) is 5.41. The van der Waals surface area contributed by atoms with Gasteiger partial charge in [-0.1, -0.05) is 49.6 Å². The Morgan fingerprint density at radius 3 is 2.42 bits per heavy atom. The summed E-state index contributed by atoms with van der Waals surface area (Å²) in [5.74, 6) is -0.589. The molecular weight excluding hydrogens is 240 g/mol. The molecule has 0 radical (unpaired) electrons. The van der Waals surface area contributed by atoms with E-state index in [1.165, 1.54) is 6.42 Å². The Kier molecular flexibility index (Phi) is 4.59. The molecule has 0 aliphatic heterocycles. The molecule has 1 unspecified atom stereocenters. The lowest BCUT2D eigenvalue weighted by Gasteiger charge is -2.39. The van der Waals surface area contributed by atoms with Crippen LogP contribution in [0.15, 0.2) is 30.3 Å². The van der Waals surface area contributed by atoms with Gasteiger partial charge in [-0.2, -0.15) is 0 Å². The van der Waals surface area contributed by atoms with Gasteiger partial charge in [0.05, 0.1) is 6.61 Å². The number of ether oxygens (including phenoxy) is 1. The number of carboxylic acid groups (broad SMARTS) is 1. The predicted molar refractivity (Wildman–Crippen MR) is 74.2 cm³/mol. The molecule has 104 valence electrons. The molecule has 1 N–H and O–H groups in total. The summed E-state index contributed by atoms with van der Waals surface area (Å²) in [4.78, 5) is 12.0. The van der Waals surface area contributed by atoms with Gasteiger partial charge in [0, 0.05) is 7.11 Å². The highest BCUT2D eigenvalue weighted by atomic mass is 16.5. The molecule has 19 heavy (non-hydrogen) atoms. The van der Waals surface area contributed by atoms with E-state index in [9.17, 15) is 9.90 Å². The number of hydrogen-bond donors (Lipinski definition) is 1. The van der Waals surface area contributed by atoms with E-state index in [0.717, 1.165) is 31.2 Å². The van der Waals surface area contributed by atoms with Crippen molar-refractivity contribution < 1.29 is 14.6 Å². The molecule has 3 nitrogen and oxygen atoms in total. The lowest BCUT2D eigenvalue weighted by atomic mass is 9.65. The fourth-order valence-corrected chi connectivity index (χ4v) is 3.36. The van der Waals surface area contributed by atoms with Gasteiger partial charge in [0.2, 0.25) is 0 Å². The highest BCUT2D eigenvalue weighted by molar-refractivity contribution is 5.82. The molecule has 2 rings (SSSR count). The minimum absolute atomic E-state index is 0.168. The Morgan fingerprint density at radius 2 is 1.89 bits per heavy atom. The van der Waals surface area contributed by atoms with Crippen LogP contribution in [0, 0.1) is 5.92 Å². The average molecular weight is 262 g/mol. The maximum atomic E-state index is 12.0.